The van der Waals surface area contributed by atoms with E-state index in [0.29, 0.717) is 0 Å². The van der Waals surface area contributed by atoms with Gasteiger partial charge in [-0.15, -0.1) is 0 Å². The molecule has 0 spiro atoms. The summed E-state index contributed by atoms with van der Waals surface area (Å²) < 4.78 is 2.29. The molecule has 0 aliphatic heterocycles. The minimum absolute atomic E-state index is 0.900. The SMILES string of the molecule is CC.Cc1ccc(Cc2ccc(-c3ccc(Cc4ccc(-n5c6ccncc6c6cnccc65)cc4)cc3)cc2)cc1. The van der Waals surface area contributed by atoms with Crippen LogP contribution in [0.4, 0.5) is 0 Å². The summed E-state index contributed by atoms with van der Waals surface area (Å²) in [6, 6.07) is 39.7. The maximum Gasteiger partial charge on any atom is 0.0572 e. The van der Waals surface area contributed by atoms with Crippen molar-refractivity contribution in [2.24, 2.45) is 0 Å². The van der Waals surface area contributed by atoms with E-state index in [2.05, 4.69) is 131 Å². The Hall–Kier alpha value is -5.02. The van der Waals surface area contributed by atoms with Gasteiger partial charge in [-0.3, -0.25) is 9.97 Å². The molecule has 0 bridgehead atoms. The molecule has 7 rings (SSSR count). The Balaban J connectivity index is 0.00000155. The smallest absolute Gasteiger partial charge is 0.0572 e. The predicted molar refractivity (Wildman–Crippen MR) is 176 cm³/mol. The molecule has 0 unspecified atom stereocenters. The first-order valence-electron chi connectivity index (χ1n) is 14.7. The second kappa shape index (κ2) is 12.2. The van der Waals surface area contributed by atoms with Gasteiger partial charge in [0.15, 0.2) is 0 Å². The lowest BCUT2D eigenvalue weighted by Gasteiger charge is -2.10. The first-order valence-corrected chi connectivity index (χ1v) is 14.7. The molecule has 7 aromatic rings. The standard InChI is InChI=1S/C37H29N3.C2H6/c1-26-2-4-27(5-3-26)22-28-6-12-31(13-7-28)32-14-8-29(9-15-32)23-30-10-16-33(17-11-30)40-36-18-20-38-24-34(36)35-25-39-21-19-37(35)40;1-2/h2-21,24-25H,22-23H2,1H3;1-2H3. The number of hydrogen-bond acceptors (Lipinski definition) is 2. The Morgan fingerprint density at radius 1 is 0.476 bits per heavy atom. The first-order chi connectivity index (χ1) is 20.7. The van der Waals surface area contributed by atoms with Gasteiger partial charge in [0.25, 0.3) is 0 Å². The van der Waals surface area contributed by atoms with Crippen molar-refractivity contribution in [3.63, 3.8) is 0 Å². The quantitative estimate of drug-likeness (QED) is 0.208. The van der Waals surface area contributed by atoms with Crippen LogP contribution in [0, 0.1) is 6.92 Å². The average molecular weight is 546 g/mol. The highest BCUT2D eigenvalue weighted by Crippen LogP contribution is 2.31. The summed E-state index contributed by atoms with van der Waals surface area (Å²) in [7, 11) is 0. The summed E-state index contributed by atoms with van der Waals surface area (Å²) in [5, 5.41) is 2.24. The van der Waals surface area contributed by atoms with Crippen LogP contribution in [0.3, 0.4) is 0 Å². The van der Waals surface area contributed by atoms with Gasteiger partial charge in [0.05, 0.1) is 11.0 Å². The van der Waals surface area contributed by atoms with Crippen LogP contribution in [0.1, 0.15) is 41.7 Å². The second-order valence-electron chi connectivity index (χ2n) is 10.5. The molecule has 0 aliphatic carbocycles. The van der Waals surface area contributed by atoms with Crippen LogP contribution < -0.4 is 0 Å². The zero-order chi connectivity index (χ0) is 28.9. The Morgan fingerprint density at radius 2 is 0.857 bits per heavy atom. The second-order valence-corrected chi connectivity index (χ2v) is 10.5. The van der Waals surface area contributed by atoms with Gasteiger partial charge in [0.2, 0.25) is 0 Å². The highest BCUT2D eigenvalue weighted by Gasteiger charge is 2.12. The summed E-state index contributed by atoms with van der Waals surface area (Å²) in [4.78, 5) is 8.67. The van der Waals surface area contributed by atoms with E-state index in [4.69, 9.17) is 0 Å². The van der Waals surface area contributed by atoms with E-state index in [1.54, 1.807) is 0 Å². The number of aromatic nitrogens is 3. The number of pyridine rings is 2. The molecule has 0 N–H and O–H groups in total. The van der Waals surface area contributed by atoms with Crippen molar-refractivity contribution in [3.8, 4) is 16.8 Å². The van der Waals surface area contributed by atoms with E-state index in [-0.39, 0.29) is 0 Å². The molecule has 0 amide bonds. The third kappa shape index (κ3) is 5.59. The molecular weight excluding hydrogens is 510 g/mol. The number of hydrogen-bond donors (Lipinski definition) is 0. The normalized spacial score (nSPS) is 10.9. The first kappa shape index (κ1) is 27.2. The number of nitrogens with zero attached hydrogens (tertiary/aromatic N) is 3. The third-order valence-electron chi connectivity index (χ3n) is 7.74. The minimum Gasteiger partial charge on any atom is -0.309 e. The lowest BCUT2D eigenvalue weighted by molar-refractivity contribution is 1.14. The number of rotatable bonds is 6. The van der Waals surface area contributed by atoms with Crippen LogP contribution in [0.5, 0.6) is 0 Å². The van der Waals surface area contributed by atoms with Crippen LogP contribution in [0.25, 0.3) is 38.6 Å². The summed E-state index contributed by atoms with van der Waals surface area (Å²) in [5.74, 6) is 0. The lowest BCUT2D eigenvalue weighted by atomic mass is 9.98. The van der Waals surface area contributed by atoms with Crippen LogP contribution in [0.15, 0.2) is 134 Å². The van der Waals surface area contributed by atoms with Gasteiger partial charge < -0.3 is 4.57 Å². The fraction of sp³-hybridized carbons (Fsp3) is 0.128. The van der Waals surface area contributed by atoms with Crippen molar-refractivity contribution in [2.45, 2.75) is 33.6 Å². The Labute approximate surface area is 248 Å². The maximum atomic E-state index is 4.34. The van der Waals surface area contributed by atoms with Crippen molar-refractivity contribution < 1.29 is 0 Å². The molecule has 0 fully saturated rings. The molecule has 0 saturated carbocycles. The van der Waals surface area contributed by atoms with Crippen molar-refractivity contribution in [1.82, 2.24) is 14.5 Å². The third-order valence-corrected chi connectivity index (χ3v) is 7.74. The average Bonchev–Trinajstić information content (AvgIpc) is 3.39. The molecular formula is C39H35N3. The van der Waals surface area contributed by atoms with Gasteiger partial charge in [0.1, 0.15) is 0 Å². The molecule has 206 valence electrons. The predicted octanol–water partition coefficient (Wildman–Crippen LogP) is 9.76. The number of fused-ring (bicyclic) bond motifs is 3. The van der Waals surface area contributed by atoms with Crippen molar-refractivity contribution >= 4 is 21.8 Å². The summed E-state index contributed by atoms with van der Waals surface area (Å²) in [6.45, 7) is 6.13. The summed E-state index contributed by atoms with van der Waals surface area (Å²) in [6.07, 6.45) is 9.41. The van der Waals surface area contributed by atoms with Crippen molar-refractivity contribution in [3.05, 3.63) is 162 Å². The van der Waals surface area contributed by atoms with Gasteiger partial charge in [-0.2, -0.15) is 0 Å². The van der Waals surface area contributed by atoms with Gasteiger partial charge in [-0.25, -0.2) is 0 Å². The minimum atomic E-state index is 0.900. The molecule has 4 aromatic carbocycles. The number of benzene rings is 4. The van der Waals surface area contributed by atoms with Gasteiger partial charge in [0, 0.05) is 41.2 Å². The van der Waals surface area contributed by atoms with E-state index < -0.39 is 0 Å². The van der Waals surface area contributed by atoms with Gasteiger partial charge in [-0.1, -0.05) is 104 Å². The van der Waals surface area contributed by atoms with Gasteiger partial charge >= 0.3 is 0 Å². The zero-order valence-electron chi connectivity index (χ0n) is 24.5. The van der Waals surface area contributed by atoms with Crippen LogP contribution in [-0.2, 0) is 12.8 Å². The molecule has 0 saturated heterocycles. The topological polar surface area (TPSA) is 30.7 Å². The molecule has 0 aliphatic rings. The van der Waals surface area contributed by atoms with Crippen LogP contribution in [0.2, 0.25) is 0 Å². The van der Waals surface area contributed by atoms with Crippen LogP contribution in [-0.4, -0.2) is 14.5 Å². The van der Waals surface area contributed by atoms with E-state index in [1.807, 2.05) is 38.6 Å². The van der Waals surface area contributed by atoms with Crippen LogP contribution >= 0.6 is 0 Å². The van der Waals surface area contributed by atoms with E-state index in [0.717, 1.165) is 40.3 Å². The Bertz CT molecular complexity index is 1860. The Morgan fingerprint density at radius 3 is 1.29 bits per heavy atom. The van der Waals surface area contributed by atoms with E-state index in [1.165, 1.54) is 38.9 Å². The maximum absolute atomic E-state index is 4.34. The van der Waals surface area contributed by atoms with Gasteiger partial charge in [-0.05, 0) is 77.4 Å². The zero-order valence-corrected chi connectivity index (χ0v) is 24.5. The molecule has 3 nitrogen and oxygen atoms in total. The lowest BCUT2D eigenvalue weighted by Crippen LogP contribution is -1.95. The summed E-state index contributed by atoms with van der Waals surface area (Å²) in [5.41, 5.74) is 12.5. The van der Waals surface area contributed by atoms with Crippen molar-refractivity contribution in [2.75, 3.05) is 0 Å². The molecule has 3 aromatic heterocycles. The molecule has 0 radical (unpaired) electrons. The highest BCUT2D eigenvalue weighted by molar-refractivity contribution is 6.08. The molecule has 42 heavy (non-hydrogen) atoms. The Kier molecular flexibility index (Phi) is 7.91. The largest absolute Gasteiger partial charge is 0.309 e. The highest BCUT2D eigenvalue weighted by atomic mass is 15.0. The monoisotopic (exact) mass is 545 g/mol. The van der Waals surface area contributed by atoms with E-state index >= 15 is 0 Å². The molecule has 3 heterocycles. The number of aryl methyl sites for hydroxylation is 1. The fourth-order valence-electron chi connectivity index (χ4n) is 5.56. The molecule has 0 atom stereocenters. The summed E-state index contributed by atoms with van der Waals surface area (Å²) >= 11 is 0. The molecule has 3 heteroatoms. The van der Waals surface area contributed by atoms with E-state index in [9.17, 15) is 0 Å². The fourth-order valence-corrected chi connectivity index (χ4v) is 5.56. The van der Waals surface area contributed by atoms with Crippen molar-refractivity contribution in [1.29, 1.82) is 0 Å².